The van der Waals surface area contributed by atoms with E-state index in [1.807, 2.05) is 0 Å². The third-order valence-corrected chi connectivity index (χ3v) is 2.02. The Hall–Kier alpha value is -2.43. The maximum absolute atomic E-state index is 11.4. The van der Waals surface area contributed by atoms with Gasteiger partial charge in [0, 0.05) is 5.57 Å². The molecular formula is C14H14O5. The molecule has 19 heavy (non-hydrogen) atoms. The van der Waals surface area contributed by atoms with Crippen molar-refractivity contribution in [2.75, 3.05) is 0 Å². The summed E-state index contributed by atoms with van der Waals surface area (Å²) in [7, 11) is 0. The number of carbonyl (C=O) groups excluding carboxylic acids is 3. The number of benzene rings is 1. The summed E-state index contributed by atoms with van der Waals surface area (Å²) in [4.78, 5) is 33.6. The molecule has 0 saturated heterocycles. The van der Waals surface area contributed by atoms with E-state index in [-0.39, 0.29) is 29.3 Å². The van der Waals surface area contributed by atoms with Crippen molar-refractivity contribution in [1.82, 2.24) is 0 Å². The number of carbonyl (C=O) groups is 3. The van der Waals surface area contributed by atoms with E-state index in [9.17, 15) is 14.4 Å². The summed E-state index contributed by atoms with van der Waals surface area (Å²) in [5.74, 6) is -1.43. The molecule has 0 aromatic heterocycles. The number of esters is 2. The first-order chi connectivity index (χ1) is 8.90. The van der Waals surface area contributed by atoms with Crippen LogP contribution in [0, 0.1) is 0 Å². The van der Waals surface area contributed by atoms with Gasteiger partial charge in [-0.2, -0.15) is 0 Å². The van der Waals surface area contributed by atoms with Crippen LogP contribution in [-0.4, -0.2) is 17.7 Å². The van der Waals surface area contributed by atoms with Gasteiger partial charge in [-0.05, 0) is 26.0 Å². The van der Waals surface area contributed by atoms with Gasteiger partial charge in [0.2, 0.25) is 0 Å². The molecule has 0 radical (unpaired) electrons. The minimum Gasteiger partial charge on any atom is -0.422 e. The van der Waals surface area contributed by atoms with Gasteiger partial charge in [-0.25, -0.2) is 4.79 Å². The number of rotatable bonds is 5. The summed E-state index contributed by atoms with van der Waals surface area (Å²) >= 11 is 0. The third kappa shape index (κ3) is 4.75. The van der Waals surface area contributed by atoms with Crippen LogP contribution < -0.4 is 9.47 Å². The molecule has 0 atom stereocenters. The van der Waals surface area contributed by atoms with E-state index in [0.29, 0.717) is 0 Å². The highest BCUT2D eigenvalue weighted by Crippen LogP contribution is 2.27. The Balaban J connectivity index is 2.84. The second kappa shape index (κ2) is 6.49. The number of para-hydroxylation sites is 2. The zero-order valence-corrected chi connectivity index (χ0v) is 10.8. The van der Waals surface area contributed by atoms with Gasteiger partial charge >= 0.3 is 11.9 Å². The van der Waals surface area contributed by atoms with Gasteiger partial charge in [0.1, 0.15) is 12.2 Å². The SMILES string of the molecule is C=C(C)C(=O)Oc1ccccc1OC(=O)CC(C)=O. The van der Waals surface area contributed by atoms with Crippen LogP contribution in [0.15, 0.2) is 36.4 Å². The fraction of sp³-hybridized carbons (Fsp3) is 0.214. The van der Waals surface area contributed by atoms with Crippen LogP contribution in [0.5, 0.6) is 11.5 Å². The molecule has 0 unspecified atom stereocenters. The molecule has 0 spiro atoms. The maximum atomic E-state index is 11.4. The molecule has 5 nitrogen and oxygen atoms in total. The van der Waals surface area contributed by atoms with E-state index in [1.54, 1.807) is 12.1 Å². The first kappa shape index (κ1) is 14.6. The zero-order chi connectivity index (χ0) is 14.4. The summed E-state index contributed by atoms with van der Waals surface area (Å²) in [6.45, 7) is 6.25. The molecule has 0 saturated carbocycles. The minimum atomic E-state index is -0.702. The normalized spacial score (nSPS) is 9.58. The maximum Gasteiger partial charge on any atom is 0.338 e. The van der Waals surface area contributed by atoms with Crippen molar-refractivity contribution in [3.8, 4) is 11.5 Å². The molecule has 0 aliphatic heterocycles. The van der Waals surface area contributed by atoms with Crippen LogP contribution in [0.25, 0.3) is 0 Å². The van der Waals surface area contributed by atoms with E-state index in [1.165, 1.54) is 26.0 Å². The quantitative estimate of drug-likeness (QED) is 0.351. The van der Waals surface area contributed by atoms with E-state index >= 15 is 0 Å². The molecule has 0 fully saturated rings. The summed E-state index contributed by atoms with van der Waals surface area (Å²) < 4.78 is 9.98. The molecule has 0 amide bonds. The molecule has 1 rings (SSSR count). The van der Waals surface area contributed by atoms with Crippen molar-refractivity contribution in [1.29, 1.82) is 0 Å². The Bertz CT molecular complexity index is 530. The van der Waals surface area contributed by atoms with Gasteiger partial charge in [-0.3, -0.25) is 9.59 Å². The van der Waals surface area contributed by atoms with Crippen LogP contribution in [0.4, 0.5) is 0 Å². The molecule has 1 aromatic carbocycles. The molecule has 0 aliphatic carbocycles. The lowest BCUT2D eigenvalue weighted by molar-refractivity contribution is -0.138. The van der Waals surface area contributed by atoms with Crippen molar-refractivity contribution < 1.29 is 23.9 Å². The predicted octanol–water partition coefficient (Wildman–Crippen LogP) is 2.05. The Morgan fingerprint density at radius 2 is 1.58 bits per heavy atom. The Labute approximate surface area is 110 Å². The van der Waals surface area contributed by atoms with Gasteiger partial charge in [0.25, 0.3) is 0 Å². The topological polar surface area (TPSA) is 69.7 Å². The van der Waals surface area contributed by atoms with Gasteiger partial charge in [-0.1, -0.05) is 18.7 Å². The first-order valence-corrected chi connectivity index (χ1v) is 5.57. The first-order valence-electron chi connectivity index (χ1n) is 5.57. The molecule has 0 bridgehead atoms. The highest BCUT2D eigenvalue weighted by Gasteiger charge is 2.14. The van der Waals surface area contributed by atoms with Crippen molar-refractivity contribution >= 4 is 17.7 Å². The molecular weight excluding hydrogens is 248 g/mol. The fourth-order valence-electron chi connectivity index (χ4n) is 1.17. The minimum absolute atomic E-state index is 0.0864. The van der Waals surface area contributed by atoms with Crippen LogP contribution in [0.3, 0.4) is 0 Å². The Morgan fingerprint density at radius 1 is 1.05 bits per heavy atom. The van der Waals surface area contributed by atoms with Crippen LogP contribution >= 0.6 is 0 Å². The van der Waals surface area contributed by atoms with E-state index in [0.717, 1.165) is 0 Å². The molecule has 0 heterocycles. The highest BCUT2D eigenvalue weighted by molar-refractivity contribution is 5.95. The largest absolute Gasteiger partial charge is 0.422 e. The van der Waals surface area contributed by atoms with Gasteiger partial charge in [0.05, 0.1) is 0 Å². The van der Waals surface area contributed by atoms with Crippen molar-refractivity contribution in [2.24, 2.45) is 0 Å². The second-order valence-electron chi connectivity index (χ2n) is 3.97. The lowest BCUT2D eigenvalue weighted by Crippen LogP contribution is -2.14. The smallest absolute Gasteiger partial charge is 0.338 e. The second-order valence-corrected chi connectivity index (χ2v) is 3.97. The van der Waals surface area contributed by atoms with Crippen molar-refractivity contribution in [3.05, 3.63) is 36.4 Å². The van der Waals surface area contributed by atoms with E-state index in [2.05, 4.69) is 6.58 Å². The van der Waals surface area contributed by atoms with E-state index < -0.39 is 11.9 Å². The number of hydrogen-bond donors (Lipinski definition) is 0. The lowest BCUT2D eigenvalue weighted by Gasteiger charge is -2.09. The summed E-state index contributed by atoms with van der Waals surface area (Å²) in [6, 6.07) is 6.20. The van der Waals surface area contributed by atoms with Gasteiger partial charge in [-0.15, -0.1) is 0 Å². The van der Waals surface area contributed by atoms with Gasteiger partial charge < -0.3 is 9.47 Å². The van der Waals surface area contributed by atoms with E-state index in [4.69, 9.17) is 9.47 Å². The molecule has 100 valence electrons. The number of hydrogen-bond acceptors (Lipinski definition) is 5. The van der Waals surface area contributed by atoms with Crippen LogP contribution in [0.1, 0.15) is 20.3 Å². The fourth-order valence-corrected chi connectivity index (χ4v) is 1.17. The standard InChI is InChI=1S/C14H14O5/c1-9(2)14(17)19-12-7-5-4-6-11(12)18-13(16)8-10(3)15/h4-7H,1,8H2,2-3H3. The van der Waals surface area contributed by atoms with Crippen LogP contribution in [-0.2, 0) is 14.4 Å². The summed E-state index contributed by atoms with van der Waals surface area (Å²) in [5.41, 5.74) is 0.227. The number of ketones is 1. The Morgan fingerprint density at radius 3 is 2.05 bits per heavy atom. The lowest BCUT2D eigenvalue weighted by atomic mass is 10.3. The predicted molar refractivity (Wildman–Crippen MR) is 67.8 cm³/mol. The monoisotopic (exact) mass is 262 g/mol. The Kier molecular flexibility index (Phi) is 5.00. The third-order valence-electron chi connectivity index (χ3n) is 2.02. The molecule has 1 aromatic rings. The molecule has 0 aliphatic rings. The van der Waals surface area contributed by atoms with Crippen molar-refractivity contribution in [3.63, 3.8) is 0 Å². The van der Waals surface area contributed by atoms with Gasteiger partial charge in [0.15, 0.2) is 11.5 Å². The zero-order valence-electron chi connectivity index (χ0n) is 10.8. The molecule has 0 N–H and O–H groups in total. The summed E-state index contributed by atoms with van der Waals surface area (Å²) in [5, 5.41) is 0. The highest BCUT2D eigenvalue weighted by atomic mass is 16.6. The average molecular weight is 262 g/mol. The number of Topliss-reactive ketones (excluding diaryl/α,β-unsaturated/α-hetero) is 1. The van der Waals surface area contributed by atoms with Crippen molar-refractivity contribution in [2.45, 2.75) is 20.3 Å². The average Bonchev–Trinajstić information content (AvgIpc) is 2.30. The summed E-state index contributed by atoms with van der Waals surface area (Å²) in [6.07, 6.45) is -0.331. The molecule has 5 heteroatoms. The van der Waals surface area contributed by atoms with Crippen LogP contribution in [0.2, 0.25) is 0 Å². The number of ether oxygens (including phenoxy) is 2.